The van der Waals surface area contributed by atoms with Gasteiger partial charge >= 0.3 is 0 Å². The van der Waals surface area contributed by atoms with Crippen molar-refractivity contribution < 1.29 is 4.79 Å². The van der Waals surface area contributed by atoms with E-state index in [0.29, 0.717) is 23.8 Å². The van der Waals surface area contributed by atoms with Crippen LogP contribution in [0.5, 0.6) is 0 Å². The second-order valence-corrected chi connectivity index (χ2v) is 5.73. The van der Waals surface area contributed by atoms with Crippen molar-refractivity contribution in [3.63, 3.8) is 0 Å². The fourth-order valence-electron chi connectivity index (χ4n) is 1.85. The average molecular weight is 326 g/mol. The lowest BCUT2D eigenvalue weighted by Gasteiger charge is -2.06. The van der Waals surface area contributed by atoms with Gasteiger partial charge in [0, 0.05) is 23.1 Å². The first-order valence-corrected chi connectivity index (χ1v) is 7.94. The maximum absolute atomic E-state index is 12.0. The Morgan fingerprint density at radius 2 is 2.04 bits per heavy atom. The molecule has 2 aromatic heterocycles. The summed E-state index contributed by atoms with van der Waals surface area (Å²) in [4.78, 5) is 25.1. The quantitative estimate of drug-likeness (QED) is 0.699. The first kappa shape index (κ1) is 15.2. The predicted octanol–water partition coefficient (Wildman–Crippen LogP) is 2.18. The molecule has 7 nitrogen and oxygen atoms in total. The van der Waals surface area contributed by atoms with Crippen molar-refractivity contribution in [2.45, 2.75) is 11.3 Å². The van der Waals surface area contributed by atoms with Crippen molar-refractivity contribution in [3.8, 4) is 5.82 Å². The number of rotatable bonds is 6. The molecule has 0 bridgehead atoms. The fraction of sp³-hybridized carbons (Fsp3) is 0.133. The van der Waals surface area contributed by atoms with Gasteiger partial charge in [0.15, 0.2) is 5.82 Å². The highest BCUT2D eigenvalue weighted by atomic mass is 32.2. The van der Waals surface area contributed by atoms with Gasteiger partial charge < -0.3 is 5.32 Å². The van der Waals surface area contributed by atoms with Crippen LogP contribution in [-0.2, 0) is 4.79 Å². The van der Waals surface area contributed by atoms with Crippen LogP contribution in [0.25, 0.3) is 5.82 Å². The normalized spacial score (nSPS) is 10.4. The number of anilines is 1. The second kappa shape index (κ2) is 7.50. The lowest BCUT2D eigenvalue weighted by molar-refractivity contribution is -0.115. The molecule has 0 aliphatic carbocycles. The van der Waals surface area contributed by atoms with Crippen molar-refractivity contribution in [2.24, 2.45) is 0 Å². The number of amides is 1. The van der Waals surface area contributed by atoms with Gasteiger partial charge in [0.05, 0.1) is 0 Å². The minimum atomic E-state index is -0.0864. The largest absolute Gasteiger partial charge is 0.311 e. The third-order valence-electron chi connectivity index (χ3n) is 2.91. The van der Waals surface area contributed by atoms with E-state index in [1.165, 1.54) is 23.7 Å². The third kappa shape index (κ3) is 4.36. The van der Waals surface area contributed by atoms with Crippen molar-refractivity contribution in [2.75, 3.05) is 11.1 Å². The van der Waals surface area contributed by atoms with Crippen LogP contribution in [0.1, 0.15) is 6.42 Å². The highest BCUT2D eigenvalue weighted by Crippen LogP contribution is 2.18. The Kier molecular flexibility index (Phi) is 4.95. The Hall–Kier alpha value is -2.74. The summed E-state index contributed by atoms with van der Waals surface area (Å²) in [6.07, 6.45) is 4.74. The molecule has 1 aromatic carbocycles. The Morgan fingerprint density at radius 3 is 2.83 bits per heavy atom. The molecule has 23 heavy (non-hydrogen) atoms. The number of thioether (sulfide) groups is 1. The molecule has 1 N–H and O–H groups in total. The van der Waals surface area contributed by atoms with E-state index in [9.17, 15) is 4.79 Å². The van der Waals surface area contributed by atoms with Gasteiger partial charge in [0.2, 0.25) is 5.91 Å². The summed E-state index contributed by atoms with van der Waals surface area (Å²) in [6, 6.07) is 11.6. The standard InChI is InChI=1S/C15H14N6OS/c22-15(6-7-23-12-4-2-1-3-5-12)20-13-8-14(18-10-17-13)21-11-16-9-19-21/h1-5,8-11H,6-7H2,(H,17,18,20,22). The molecule has 0 spiro atoms. The highest BCUT2D eigenvalue weighted by molar-refractivity contribution is 7.99. The van der Waals surface area contributed by atoms with Crippen LogP contribution in [0.4, 0.5) is 5.82 Å². The Labute approximate surface area is 137 Å². The van der Waals surface area contributed by atoms with E-state index in [-0.39, 0.29) is 5.91 Å². The molecule has 8 heteroatoms. The Balaban J connectivity index is 1.53. The molecule has 0 saturated carbocycles. The number of nitrogens with one attached hydrogen (secondary N) is 1. The molecule has 1 amide bonds. The molecule has 3 aromatic rings. The molecule has 3 rings (SSSR count). The maximum atomic E-state index is 12.0. The van der Waals surface area contributed by atoms with Crippen molar-refractivity contribution >= 4 is 23.5 Å². The summed E-state index contributed by atoms with van der Waals surface area (Å²) in [6.45, 7) is 0. The zero-order valence-electron chi connectivity index (χ0n) is 12.2. The summed E-state index contributed by atoms with van der Waals surface area (Å²) >= 11 is 1.64. The van der Waals surface area contributed by atoms with Gasteiger partial charge in [-0.1, -0.05) is 18.2 Å². The lowest BCUT2D eigenvalue weighted by atomic mass is 10.4. The van der Waals surface area contributed by atoms with Gasteiger partial charge in [-0.15, -0.1) is 11.8 Å². The minimum absolute atomic E-state index is 0.0864. The molecule has 0 radical (unpaired) electrons. The number of hydrogen-bond donors (Lipinski definition) is 1. The smallest absolute Gasteiger partial charge is 0.226 e. The van der Waals surface area contributed by atoms with Gasteiger partial charge in [-0.3, -0.25) is 4.79 Å². The molecule has 0 unspecified atom stereocenters. The summed E-state index contributed by atoms with van der Waals surface area (Å²) in [5.41, 5.74) is 0. The molecule has 0 aliphatic heterocycles. The first-order valence-electron chi connectivity index (χ1n) is 6.96. The van der Waals surface area contributed by atoms with Gasteiger partial charge in [0.25, 0.3) is 0 Å². The lowest BCUT2D eigenvalue weighted by Crippen LogP contribution is -2.14. The summed E-state index contributed by atoms with van der Waals surface area (Å²) < 4.78 is 1.50. The zero-order chi connectivity index (χ0) is 15.9. The SMILES string of the molecule is O=C(CCSc1ccccc1)Nc1cc(-n2cncn2)ncn1. The van der Waals surface area contributed by atoms with Gasteiger partial charge in [0.1, 0.15) is 24.8 Å². The van der Waals surface area contributed by atoms with Crippen LogP contribution >= 0.6 is 11.8 Å². The van der Waals surface area contributed by atoms with E-state index in [0.717, 1.165) is 4.90 Å². The molecule has 116 valence electrons. The second-order valence-electron chi connectivity index (χ2n) is 4.56. The van der Waals surface area contributed by atoms with Crippen LogP contribution in [-0.4, -0.2) is 36.4 Å². The van der Waals surface area contributed by atoms with Crippen molar-refractivity contribution in [3.05, 3.63) is 55.4 Å². The summed E-state index contributed by atoms with van der Waals surface area (Å²) in [5.74, 6) is 1.61. The molecule has 0 fully saturated rings. The van der Waals surface area contributed by atoms with E-state index in [1.807, 2.05) is 30.3 Å². The molecular weight excluding hydrogens is 312 g/mol. The molecule has 0 aliphatic rings. The van der Waals surface area contributed by atoms with E-state index in [2.05, 4.69) is 25.4 Å². The predicted molar refractivity (Wildman–Crippen MR) is 87.4 cm³/mol. The molecule has 0 atom stereocenters. The van der Waals surface area contributed by atoms with Gasteiger partial charge in [-0.25, -0.2) is 19.6 Å². The number of benzene rings is 1. The zero-order valence-corrected chi connectivity index (χ0v) is 13.0. The van der Waals surface area contributed by atoms with Crippen LogP contribution in [0, 0.1) is 0 Å². The number of hydrogen-bond acceptors (Lipinski definition) is 6. The highest BCUT2D eigenvalue weighted by Gasteiger charge is 2.06. The van der Waals surface area contributed by atoms with E-state index < -0.39 is 0 Å². The van der Waals surface area contributed by atoms with Crippen molar-refractivity contribution in [1.29, 1.82) is 0 Å². The first-order chi connectivity index (χ1) is 11.3. The molecular formula is C15H14N6OS. The van der Waals surface area contributed by atoms with E-state index >= 15 is 0 Å². The Bertz CT molecular complexity index is 763. The van der Waals surface area contributed by atoms with Gasteiger partial charge in [-0.2, -0.15) is 5.10 Å². The molecule has 0 saturated heterocycles. The van der Waals surface area contributed by atoms with Crippen LogP contribution in [0.3, 0.4) is 0 Å². The third-order valence-corrected chi connectivity index (χ3v) is 3.93. The number of carbonyl (C=O) groups is 1. The van der Waals surface area contributed by atoms with Crippen LogP contribution in [0.15, 0.2) is 60.3 Å². The van der Waals surface area contributed by atoms with E-state index in [1.54, 1.807) is 17.8 Å². The van der Waals surface area contributed by atoms with Gasteiger partial charge in [-0.05, 0) is 12.1 Å². The summed E-state index contributed by atoms with van der Waals surface area (Å²) in [5, 5.41) is 6.75. The Morgan fingerprint density at radius 1 is 1.17 bits per heavy atom. The molecule has 2 heterocycles. The van der Waals surface area contributed by atoms with E-state index in [4.69, 9.17) is 0 Å². The van der Waals surface area contributed by atoms with Crippen LogP contribution in [0.2, 0.25) is 0 Å². The average Bonchev–Trinajstić information content (AvgIpc) is 3.11. The van der Waals surface area contributed by atoms with Crippen LogP contribution < -0.4 is 5.32 Å². The topological polar surface area (TPSA) is 85.6 Å². The number of carbonyl (C=O) groups excluding carboxylic acids is 1. The monoisotopic (exact) mass is 326 g/mol. The van der Waals surface area contributed by atoms with Crippen molar-refractivity contribution in [1.82, 2.24) is 24.7 Å². The minimum Gasteiger partial charge on any atom is -0.311 e. The fourth-order valence-corrected chi connectivity index (χ4v) is 2.72. The summed E-state index contributed by atoms with van der Waals surface area (Å²) in [7, 11) is 0. The number of aromatic nitrogens is 5. The maximum Gasteiger partial charge on any atom is 0.226 e. The number of nitrogens with zero attached hydrogens (tertiary/aromatic N) is 5.